The van der Waals surface area contributed by atoms with E-state index in [0.29, 0.717) is 6.07 Å². The van der Waals surface area contributed by atoms with Crippen molar-refractivity contribution in [3.8, 4) is 11.3 Å². The molecule has 0 aliphatic heterocycles. The number of amides is 1. The van der Waals surface area contributed by atoms with Gasteiger partial charge in [-0.2, -0.15) is 0 Å². The van der Waals surface area contributed by atoms with Crippen LogP contribution in [0.4, 0.5) is 14.6 Å². The van der Waals surface area contributed by atoms with Gasteiger partial charge in [-0.05, 0) is 12.1 Å². The van der Waals surface area contributed by atoms with E-state index < -0.39 is 17.5 Å². The van der Waals surface area contributed by atoms with E-state index in [4.69, 9.17) is 11.5 Å². The molecule has 1 heterocycles. The van der Waals surface area contributed by atoms with Gasteiger partial charge in [0, 0.05) is 11.6 Å². The maximum Gasteiger partial charge on any atom is 0.271 e. The van der Waals surface area contributed by atoms with Gasteiger partial charge >= 0.3 is 0 Å². The van der Waals surface area contributed by atoms with Crippen LogP contribution in [0.2, 0.25) is 0 Å². The first-order valence-corrected chi connectivity index (χ1v) is 4.87. The third-order valence-electron chi connectivity index (χ3n) is 2.24. The number of rotatable bonds is 2. The molecule has 4 N–H and O–H groups in total. The van der Waals surface area contributed by atoms with Crippen molar-refractivity contribution in [2.45, 2.75) is 0 Å². The first-order valence-electron chi connectivity index (χ1n) is 4.87. The average molecular weight is 250 g/mol. The molecule has 0 saturated carbocycles. The van der Waals surface area contributed by atoms with Crippen LogP contribution in [0, 0.1) is 11.6 Å². The topological polar surface area (TPSA) is 94.9 Å². The predicted octanol–water partition coefficient (Wildman–Crippen LogP) is 1.10. The minimum Gasteiger partial charge on any atom is -0.382 e. The van der Waals surface area contributed by atoms with Gasteiger partial charge in [0.2, 0.25) is 0 Å². The van der Waals surface area contributed by atoms with Crippen molar-refractivity contribution in [2.75, 3.05) is 5.73 Å². The van der Waals surface area contributed by atoms with Gasteiger partial charge in [-0.25, -0.2) is 18.7 Å². The van der Waals surface area contributed by atoms with E-state index in [2.05, 4.69) is 9.97 Å². The zero-order valence-electron chi connectivity index (χ0n) is 9.02. The Bertz CT molecular complexity index is 630. The first-order chi connectivity index (χ1) is 8.49. The van der Waals surface area contributed by atoms with Crippen molar-refractivity contribution < 1.29 is 13.6 Å². The second-order valence-electron chi connectivity index (χ2n) is 3.48. The summed E-state index contributed by atoms with van der Waals surface area (Å²) in [5.41, 5.74) is 10.3. The van der Waals surface area contributed by atoms with Gasteiger partial charge in [-0.1, -0.05) is 0 Å². The molecule has 2 aromatic rings. The van der Waals surface area contributed by atoms with E-state index in [0.717, 1.165) is 6.07 Å². The molecule has 0 unspecified atom stereocenters. The standard InChI is InChI=1S/C11H8F2N4O/c12-5-1-2-6(7(13)3-5)8-4-16-10(14)9(17-8)11(15)18/h1-4H,(H2,14,16)(H2,15,18). The van der Waals surface area contributed by atoms with Gasteiger partial charge in [-0.3, -0.25) is 4.79 Å². The lowest BCUT2D eigenvalue weighted by atomic mass is 10.1. The fourth-order valence-corrected chi connectivity index (χ4v) is 1.41. The quantitative estimate of drug-likeness (QED) is 0.834. The van der Waals surface area contributed by atoms with E-state index in [1.54, 1.807) is 0 Å². The van der Waals surface area contributed by atoms with Crippen LogP contribution in [-0.4, -0.2) is 15.9 Å². The van der Waals surface area contributed by atoms with Crippen LogP contribution < -0.4 is 11.5 Å². The van der Waals surface area contributed by atoms with Crippen LogP contribution in [0.5, 0.6) is 0 Å². The molecule has 0 saturated heterocycles. The number of carbonyl (C=O) groups excluding carboxylic acids is 1. The number of hydrogen-bond acceptors (Lipinski definition) is 4. The molecule has 5 nitrogen and oxygen atoms in total. The molecule has 0 spiro atoms. The summed E-state index contributed by atoms with van der Waals surface area (Å²) in [6.45, 7) is 0. The molecule has 92 valence electrons. The summed E-state index contributed by atoms with van der Waals surface area (Å²) in [6.07, 6.45) is 1.18. The summed E-state index contributed by atoms with van der Waals surface area (Å²) in [4.78, 5) is 18.5. The van der Waals surface area contributed by atoms with Gasteiger partial charge < -0.3 is 11.5 Å². The lowest BCUT2D eigenvalue weighted by molar-refractivity contribution is 0.0996. The molecular formula is C11H8F2N4O. The summed E-state index contributed by atoms with van der Waals surface area (Å²) in [5, 5.41) is 0. The molecular weight excluding hydrogens is 242 g/mol. The van der Waals surface area contributed by atoms with E-state index in [-0.39, 0.29) is 22.8 Å². The molecule has 2 rings (SSSR count). The second kappa shape index (κ2) is 4.36. The van der Waals surface area contributed by atoms with Crippen molar-refractivity contribution in [3.05, 3.63) is 41.7 Å². The first kappa shape index (κ1) is 11.9. The van der Waals surface area contributed by atoms with E-state index in [1.807, 2.05) is 0 Å². The minimum absolute atomic E-state index is 0.00593. The number of nitrogens with zero attached hydrogens (tertiary/aromatic N) is 2. The molecule has 1 amide bonds. The number of nitrogen functional groups attached to an aromatic ring is 1. The molecule has 0 aliphatic carbocycles. The number of aromatic nitrogens is 2. The Morgan fingerprint density at radius 2 is 2.00 bits per heavy atom. The number of primary amides is 1. The zero-order chi connectivity index (χ0) is 13.3. The molecule has 0 radical (unpaired) electrons. The van der Waals surface area contributed by atoms with Crippen molar-refractivity contribution in [1.29, 1.82) is 0 Å². The highest BCUT2D eigenvalue weighted by molar-refractivity contribution is 5.95. The monoisotopic (exact) mass is 250 g/mol. The molecule has 0 aliphatic rings. The number of carbonyl (C=O) groups is 1. The highest BCUT2D eigenvalue weighted by Crippen LogP contribution is 2.22. The maximum atomic E-state index is 13.5. The Balaban J connectivity index is 2.58. The van der Waals surface area contributed by atoms with Gasteiger partial charge in [0.05, 0.1) is 11.9 Å². The number of anilines is 1. The predicted molar refractivity (Wildman–Crippen MR) is 60.3 cm³/mol. The third-order valence-corrected chi connectivity index (χ3v) is 2.24. The molecule has 1 aromatic carbocycles. The highest BCUT2D eigenvalue weighted by atomic mass is 19.1. The van der Waals surface area contributed by atoms with Crippen molar-refractivity contribution in [2.24, 2.45) is 5.73 Å². The number of nitrogens with two attached hydrogens (primary N) is 2. The SMILES string of the molecule is NC(=O)c1nc(-c2ccc(F)cc2F)cnc1N. The fraction of sp³-hybridized carbons (Fsp3) is 0. The average Bonchev–Trinajstić information content (AvgIpc) is 2.30. The fourth-order valence-electron chi connectivity index (χ4n) is 1.41. The van der Waals surface area contributed by atoms with Crippen molar-refractivity contribution in [1.82, 2.24) is 9.97 Å². The Morgan fingerprint density at radius 3 is 2.61 bits per heavy atom. The van der Waals surface area contributed by atoms with E-state index in [9.17, 15) is 13.6 Å². The van der Waals surface area contributed by atoms with Gasteiger partial charge in [0.25, 0.3) is 5.91 Å². The molecule has 0 fully saturated rings. The highest BCUT2D eigenvalue weighted by Gasteiger charge is 2.14. The molecule has 7 heteroatoms. The molecule has 0 atom stereocenters. The second-order valence-corrected chi connectivity index (χ2v) is 3.48. The summed E-state index contributed by atoms with van der Waals surface area (Å²) < 4.78 is 26.3. The summed E-state index contributed by atoms with van der Waals surface area (Å²) in [6, 6.07) is 2.97. The van der Waals surface area contributed by atoms with E-state index in [1.165, 1.54) is 12.3 Å². The summed E-state index contributed by atoms with van der Waals surface area (Å²) in [5.74, 6) is -2.54. The molecule has 18 heavy (non-hydrogen) atoms. The lowest BCUT2D eigenvalue weighted by Crippen LogP contribution is -2.17. The van der Waals surface area contributed by atoms with Crippen molar-refractivity contribution >= 4 is 11.7 Å². The Morgan fingerprint density at radius 1 is 1.28 bits per heavy atom. The van der Waals surface area contributed by atoms with Crippen LogP contribution in [0.1, 0.15) is 10.5 Å². The van der Waals surface area contributed by atoms with Gasteiger partial charge in [-0.15, -0.1) is 0 Å². The van der Waals surface area contributed by atoms with Crippen LogP contribution in [0.3, 0.4) is 0 Å². The Kier molecular flexibility index (Phi) is 2.88. The number of halogens is 2. The van der Waals surface area contributed by atoms with Crippen LogP contribution in [-0.2, 0) is 0 Å². The van der Waals surface area contributed by atoms with Gasteiger partial charge in [0.15, 0.2) is 11.5 Å². The number of benzene rings is 1. The summed E-state index contributed by atoms with van der Waals surface area (Å²) in [7, 11) is 0. The number of hydrogen-bond donors (Lipinski definition) is 2. The van der Waals surface area contributed by atoms with E-state index >= 15 is 0 Å². The van der Waals surface area contributed by atoms with Crippen LogP contribution in [0.15, 0.2) is 24.4 Å². The summed E-state index contributed by atoms with van der Waals surface area (Å²) >= 11 is 0. The molecule has 1 aromatic heterocycles. The minimum atomic E-state index is -0.871. The van der Waals surface area contributed by atoms with Gasteiger partial charge in [0.1, 0.15) is 11.6 Å². The largest absolute Gasteiger partial charge is 0.382 e. The maximum absolute atomic E-state index is 13.5. The normalized spacial score (nSPS) is 10.3. The van der Waals surface area contributed by atoms with Crippen molar-refractivity contribution in [3.63, 3.8) is 0 Å². The smallest absolute Gasteiger partial charge is 0.271 e. The Hall–Kier alpha value is -2.57. The van der Waals surface area contributed by atoms with Crippen LogP contribution >= 0.6 is 0 Å². The Labute approximate surface area is 100 Å². The third kappa shape index (κ3) is 2.10. The lowest BCUT2D eigenvalue weighted by Gasteiger charge is -2.05. The molecule has 0 bridgehead atoms. The van der Waals surface area contributed by atoms with Crippen LogP contribution in [0.25, 0.3) is 11.3 Å². The zero-order valence-corrected chi connectivity index (χ0v) is 9.02.